The summed E-state index contributed by atoms with van der Waals surface area (Å²) in [5.74, 6) is -2.49. The molecule has 1 atom stereocenters. The van der Waals surface area contributed by atoms with Gasteiger partial charge < -0.3 is 21.1 Å². The van der Waals surface area contributed by atoms with Crippen molar-refractivity contribution in [2.45, 2.75) is 37.7 Å². The van der Waals surface area contributed by atoms with Crippen molar-refractivity contribution in [1.29, 1.82) is 0 Å². The minimum atomic E-state index is -5.09. The van der Waals surface area contributed by atoms with Gasteiger partial charge in [0.05, 0.1) is 17.8 Å². The lowest BCUT2D eigenvalue weighted by Crippen LogP contribution is -2.51. The molecule has 1 aromatic heterocycles. The summed E-state index contributed by atoms with van der Waals surface area (Å²) in [6.07, 6.45) is -8.36. The predicted octanol–water partition coefficient (Wildman–Crippen LogP) is 2.60. The van der Waals surface area contributed by atoms with E-state index in [9.17, 15) is 41.0 Å². The van der Waals surface area contributed by atoms with E-state index in [2.05, 4.69) is 11.6 Å². The lowest BCUT2D eigenvalue weighted by atomic mass is 10.00. The Hall–Kier alpha value is -2.83. The lowest BCUT2D eigenvalue weighted by molar-refractivity contribution is -0.249. The molecular weight excluding hydrogens is 434 g/mol. The number of nitrogens with two attached hydrogens (primary N) is 1. The molecule has 7 nitrogen and oxygen atoms in total. The van der Waals surface area contributed by atoms with Crippen molar-refractivity contribution < 1.29 is 41.0 Å². The summed E-state index contributed by atoms with van der Waals surface area (Å²) in [5, 5.41) is 11.2. The minimum absolute atomic E-state index is 0.182. The smallest absolute Gasteiger partial charge is 0.396 e. The van der Waals surface area contributed by atoms with Crippen LogP contribution >= 0.6 is 0 Å². The van der Waals surface area contributed by atoms with Gasteiger partial charge in [0.1, 0.15) is 5.69 Å². The maximum absolute atomic E-state index is 13.7. The zero-order valence-electron chi connectivity index (χ0n) is 16.3. The van der Waals surface area contributed by atoms with E-state index in [1.54, 1.807) is 5.32 Å². The monoisotopic (exact) mass is 454 g/mol. The van der Waals surface area contributed by atoms with Crippen molar-refractivity contribution in [1.82, 2.24) is 15.2 Å². The Morgan fingerprint density at radius 3 is 2.19 bits per heavy atom. The number of aliphatic hydroxyl groups is 1. The van der Waals surface area contributed by atoms with Gasteiger partial charge in [-0.3, -0.25) is 9.59 Å². The second-order valence-electron chi connectivity index (χ2n) is 7.17. The normalized spacial score (nSPS) is 16.7. The molecule has 0 radical (unpaired) electrons. The topological polar surface area (TPSA) is 109 Å². The molecule has 1 aliphatic rings. The largest absolute Gasteiger partial charge is 0.419 e. The summed E-state index contributed by atoms with van der Waals surface area (Å²) in [7, 11) is 0. The standard InChI is InChI=1S/C18H20F6N4O3/c1-3-9-10(17(19,20)21)12(15(30)28-6-4-5-7-28)27-13(11(9)25)14(29)26-8-16(2,31)18(22,23)24/h3,31H,1,4-8,25H2,2H3,(H,26,29). The Balaban J connectivity index is 2.56. The number of nitrogens with zero attached hydrogens (tertiary/aromatic N) is 2. The minimum Gasteiger partial charge on any atom is -0.396 e. The maximum Gasteiger partial charge on any atom is 0.419 e. The number of amides is 2. The zero-order chi connectivity index (χ0) is 23.8. The highest BCUT2D eigenvalue weighted by atomic mass is 19.4. The van der Waals surface area contributed by atoms with Crippen LogP contribution in [0.1, 0.15) is 51.9 Å². The SMILES string of the molecule is C=Cc1c(N)c(C(=O)NCC(C)(O)C(F)(F)F)nc(C(=O)N2CCCC2)c1C(F)(F)F. The number of carbonyl (C=O) groups excluding carboxylic acids is 2. The number of anilines is 1. The summed E-state index contributed by atoms with van der Waals surface area (Å²) in [5.41, 5.74) is -2.78. The molecular formula is C18H20F6N4O3. The molecule has 0 saturated carbocycles. The van der Waals surface area contributed by atoms with E-state index < -0.39 is 64.5 Å². The van der Waals surface area contributed by atoms with Gasteiger partial charge in [-0.05, 0) is 19.8 Å². The third kappa shape index (κ3) is 4.92. The van der Waals surface area contributed by atoms with Crippen LogP contribution in [-0.4, -0.2) is 58.2 Å². The van der Waals surface area contributed by atoms with Crippen LogP contribution in [0.25, 0.3) is 6.08 Å². The van der Waals surface area contributed by atoms with E-state index >= 15 is 0 Å². The molecule has 0 bridgehead atoms. The van der Waals surface area contributed by atoms with Gasteiger partial charge in [0.15, 0.2) is 11.3 Å². The average molecular weight is 454 g/mol. The van der Waals surface area contributed by atoms with E-state index in [1.807, 2.05) is 0 Å². The van der Waals surface area contributed by atoms with E-state index in [0.29, 0.717) is 25.8 Å². The fraction of sp³-hybridized carbons (Fsp3) is 0.500. The Kier molecular flexibility index (Phi) is 6.59. The van der Waals surface area contributed by atoms with Gasteiger partial charge in [-0.15, -0.1) is 0 Å². The van der Waals surface area contributed by atoms with Gasteiger partial charge in [-0.2, -0.15) is 26.3 Å². The van der Waals surface area contributed by atoms with E-state index in [4.69, 9.17) is 5.73 Å². The third-order valence-corrected chi connectivity index (χ3v) is 4.78. The molecule has 2 amide bonds. The van der Waals surface area contributed by atoms with Gasteiger partial charge in [0.25, 0.3) is 11.8 Å². The Morgan fingerprint density at radius 1 is 1.19 bits per heavy atom. The average Bonchev–Trinajstić information content (AvgIpc) is 3.18. The molecule has 1 fully saturated rings. The van der Waals surface area contributed by atoms with Crippen LogP contribution in [0.4, 0.5) is 32.0 Å². The van der Waals surface area contributed by atoms with Crippen molar-refractivity contribution in [3.63, 3.8) is 0 Å². The second kappa shape index (κ2) is 8.36. The number of pyridine rings is 1. The summed E-state index contributed by atoms with van der Waals surface area (Å²) in [6, 6.07) is 0. The van der Waals surface area contributed by atoms with Gasteiger partial charge in [0, 0.05) is 18.7 Å². The number of likely N-dealkylation sites (tertiary alicyclic amines) is 1. The predicted molar refractivity (Wildman–Crippen MR) is 97.9 cm³/mol. The molecule has 0 spiro atoms. The lowest BCUT2D eigenvalue weighted by Gasteiger charge is -2.26. The molecule has 2 heterocycles. The highest BCUT2D eigenvalue weighted by Gasteiger charge is 2.50. The number of aromatic nitrogens is 1. The number of halogens is 6. The first-order valence-electron chi connectivity index (χ1n) is 9.01. The second-order valence-corrected chi connectivity index (χ2v) is 7.17. The molecule has 1 unspecified atom stereocenters. The van der Waals surface area contributed by atoms with Crippen LogP contribution in [0.5, 0.6) is 0 Å². The van der Waals surface area contributed by atoms with Crippen LogP contribution in [0.15, 0.2) is 6.58 Å². The molecule has 13 heteroatoms. The van der Waals surface area contributed by atoms with Crippen molar-refractivity contribution in [3.8, 4) is 0 Å². The van der Waals surface area contributed by atoms with Gasteiger partial charge >= 0.3 is 12.4 Å². The molecule has 1 saturated heterocycles. The Bertz CT molecular complexity index is 890. The molecule has 2 rings (SSSR count). The van der Waals surface area contributed by atoms with Crippen LogP contribution in [-0.2, 0) is 6.18 Å². The first-order chi connectivity index (χ1) is 14.1. The van der Waals surface area contributed by atoms with Gasteiger partial charge in [-0.25, -0.2) is 4.98 Å². The Labute approximate surface area is 172 Å². The maximum atomic E-state index is 13.7. The number of nitrogens with one attached hydrogen (secondary N) is 1. The quantitative estimate of drug-likeness (QED) is 0.593. The number of alkyl halides is 6. The summed E-state index contributed by atoms with van der Waals surface area (Å²) < 4.78 is 79.5. The molecule has 172 valence electrons. The molecule has 4 N–H and O–H groups in total. The zero-order valence-corrected chi connectivity index (χ0v) is 16.3. The summed E-state index contributed by atoms with van der Waals surface area (Å²) >= 11 is 0. The van der Waals surface area contributed by atoms with Crippen LogP contribution < -0.4 is 11.1 Å². The summed E-state index contributed by atoms with van der Waals surface area (Å²) in [4.78, 5) is 29.7. The van der Waals surface area contributed by atoms with E-state index in [1.165, 1.54) is 0 Å². The first kappa shape index (κ1) is 24.4. The molecule has 1 aliphatic heterocycles. The van der Waals surface area contributed by atoms with Crippen molar-refractivity contribution in [2.75, 3.05) is 25.4 Å². The van der Waals surface area contributed by atoms with Crippen LogP contribution in [0.3, 0.4) is 0 Å². The Morgan fingerprint density at radius 2 is 1.74 bits per heavy atom. The number of hydrogen-bond donors (Lipinski definition) is 3. The van der Waals surface area contributed by atoms with Crippen molar-refractivity contribution in [3.05, 3.63) is 29.1 Å². The number of nitrogen functional groups attached to an aromatic ring is 1. The highest BCUT2D eigenvalue weighted by Crippen LogP contribution is 2.39. The molecule has 0 aromatic carbocycles. The number of hydrogen-bond acceptors (Lipinski definition) is 5. The highest BCUT2D eigenvalue weighted by molar-refractivity contribution is 6.03. The van der Waals surface area contributed by atoms with Crippen molar-refractivity contribution in [2.24, 2.45) is 0 Å². The molecule has 1 aromatic rings. The number of carbonyl (C=O) groups is 2. The fourth-order valence-electron chi connectivity index (χ4n) is 2.95. The summed E-state index contributed by atoms with van der Waals surface area (Å²) in [6.45, 7) is 2.67. The van der Waals surface area contributed by atoms with Gasteiger partial charge in [-0.1, -0.05) is 12.7 Å². The first-order valence-corrected chi connectivity index (χ1v) is 9.01. The van der Waals surface area contributed by atoms with Crippen LogP contribution in [0, 0.1) is 0 Å². The molecule has 0 aliphatic carbocycles. The fourth-order valence-corrected chi connectivity index (χ4v) is 2.95. The van der Waals surface area contributed by atoms with Crippen molar-refractivity contribution >= 4 is 23.6 Å². The van der Waals surface area contributed by atoms with Crippen LogP contribution in [0.2, 0.25) is 0 Å². The van der Waals surface area contributed by atoms with Gasteiger partial charge in [0.2, 0.25) is 0 Å². The van der Waals surface area contributed by atoms with E-state index in [-0.39, 0.29) is 13.1 Å². The third-order valence-electron chi connectivity index (χ3n) is 4.78. The molecule has 31 heavy (non-hydrogen) atoms. The number of rotatable bonds is 5. The van der Waals surface area contributed by atoms with E-state index in [0.717, 1.165) is 4.90 Å².